The number of halogens is 3. The van der Waals surface area contributed by atoms with E-state index in [-0.39, 0.29) is 65.7 Å². The summed E-state index contributed by atoms with van der Waals surface area (Å²) in [7, 11) is 1.78. The molecule has 13 nitrogen and oxygen atoms in total. The van der Waals surface area contributed by atoms with Gasteiger partial charge in [0, 0.05) is 43.6 Å². The molecule has 1 aliphatic carbocycles. The van der Waals surface area contributed by atoms with Crippen LogP contribution in [0.5, 0.6) is 0 Å². The Labute approximate surface area is 352 Å². The van der Waals surface area contributed by atoms with E-state index in [0.29, 0.717) is 43.2 Å². The summed E-state index contributed by atoms with van der Waals surface area (Å²) in [5.41, 5.74) is -0.784. The van der Waals surface area contributed by atoms with Crippen molar-refractivity contribution in [1.82, 2.24) is 24.9 Å². The van der Waals surface area contributed by atoms with E-state index in [2.05, 4.69) is 34.5 Å². The second kappa shape index (κ2) is 16.9. The number of carbonyl (C=O) groups excluding carboxylic acids is 4. The third kappa shape index (κ3) is 8.38. The lowest BCUT2D eigenvalue weighted by atomic mass is 9.85. The molecule has 17 heteroatoms. The molecule has 0 radical (unpaired) electrons. The third-order valence-corrected chi connectivity index (χ3v) is 13.2. The summed E-state index contributed by atoms with van der Waals surface area (Å²) in [6.07, 6.45) is 1.60. The quantitative estimate of drug-likeness (QED) is 0.170. The van der Waals surface area contributed by atoms with Gasteiger partial charge in [-0.1, -0.05) is 12.1 Å². The molecule has 4 aliphatic rings. The Bertz CT molecular complexity index is 2230. The molecule has 0 spiro atoms. The predicted molar refractivity (Wildman–Crippen MR) is 222 cm³/mol. The third-order valence-electron chi connectivity index (χ3n) is 12.8. The average molecular weight is 849 g/mol. The van der Waals surface area contributed by atoms with Crippen LogP contribution in [-0.4, -0.2) is 91.2 Å². The number of nitriles is 1. The minimum atomic E-state index is -4.76. The van der Waals surface area contributed by atoms with Crippen molar-refractivity contribution in [3.05, 3.63) is 53.2 Å². The number of nitrogens with one attached hydrogen (secondary N) is 2. The zero-order chi connectivity index (χ0) is 43.3. The lowest BCUT2D eigenvalue weighted by Crippen LogP contribution is -2.51. The monoisotopic (exact) mass is 848 g/mol. The topological polar surface area (TPSA) is 153 Å². The number of ether oxygens (including phenoxy) is 1. The van der Waals surface area contributed by atoms with Gasteiger partial charge in [-0.3, -0.25) is 39.0 Å². The second-order valence-corrected chi connectivity index (χ2v) is 17.6. The fourth-order valence-corrected chi connectivity index (χ4v) is 10.4. The van der Waals surface area contributed by atoms with E-state index in [1.165, 1.54) is 11.0 Å². The van der Waals surface area contributed by atoms with E-state index >= 15 is 0 Å². The summed E-state index contributed by atoms with van der Waals surface area (Å²) in [6.45, 7) is 8.62. The Morgan fingerprint density at radius 3 is 2.42 bits per heavy atom. The number of aryl methyl sites for hydroxylation is 1. The van der Waals surface area contributed by atoms with E-state index in [0.717, 1.165) is 55.1 Å². The largest absolute Gasteiger partial charge is 0.417 e. The van der Waals surface area contributed by atoms with Crippen LogP contribution in [-0.2, 0) is 37.1 Å². The molecule has 4 fully saturated rings. The molecule has 320 valence electrons. The molecule has 2 unspecified atom stereocenters. The molecule has 2 N–H and O–H groups in total. The van der Waals surface area contributed by atoms with Gasteiger partial charge in [-0.15, -0.1) is 0 Å². The number of para-hydroxylation sites is 1. The Morgan fingerprint density at radius 1 is 1.07 bits per heavy atom. The lowest BCUT2D eigenvalue weighted by molar-refractivity contribution is -0.138. The van der Waals surface area contributed by atoms with Crippen molar-refractivity contribution in [2.75, 3.05) is 23.4 Å². The van der Waals surface area contributed by atoms with Crippen molar-refractivity contribution >= 4 is 63.2 Å². The smallest absolute Gasteiger partial charge is 0.378 e. The average Bonchev–Trinajstić information content (AvgIpc) is 3.61. The minimum Gasteiger partial charge on any atom is -0.378 e. The van der Waals surface area contributed by atoms with Gasteiger partial charge >= 0.3 is 6.18 Å². The highest BCUT2D eigenvalue weighted by Gasteiger charge is 2.53. The Balaban J connectivity index is 0.884. The van der Waals surface area contributed by atoms with E-state index in [1.807, 2.05) is 23.1 Å². The van der Waals surface area contributed by atoms with Gasteiger partial charge in [-0.2, -0.15) is 23.5 Å². The number of nitrogens with zero attached hydrogens (tertiary/aromatic N) is 6. The molecule has 4 heterocycles. The van der Waals surface area contributed by atoms with Crippen LogP contribution in [0.15, 0.2) is 36.4 Å². The molecule has 3 saturated heterocycles. The van der Waals surface area contributed by atoms with Gasteiger partial charge in [0.1, 0.15) is 5.54 Å². The van der Waals surface area contributed by atoms with Crippen LogP contribution in [0.25, 0.3) is 10.9 Å². The number of hydrogen-bond acceptors (Lipinski definition) is 9. The normalized spacial score (nSPS) is 26.4. The first-order valence-corrected chi connectivity index (χ1v) is 21.1. The molecule has 1 aromatic heterocycles. The molecule has 4 amide bonds. The summed E-state index contributed by atoms with van der Waals surface area (Å²) >= 11 is 5.75. The van der Waals surface area contributed by atoms with Crippen LogP contribution in [0.3, 0.4) is 0 Å². The zero-order valence-electron chi connectivity index (χ0n) is 34.5. The van der Waals surface area contributed by atoms with Crippen molar-refractivity contribution in [2.24, 2.45) is 13.0 Å². The van der Waals surface area contributed by atoms with E-state index in [4.69, 9.17) is 17.0 Å². The van der Waals surface area contributed by atoms with Crippen molar-refractivity contribution in [3.8, 4) is 6.07 Å². The number of amides is 4. The molecule has 3 aliphatic heterocycles. The first-order chi connectivity index (χ1) is 28.4. The highest BCUT2D eigenvalue weighted by atomic mass is 32.1. The number of fused-ring (bicyclic) bond motifs is 1. The Morgan fingerprint density at radius 2 is 1.77 bits per heavy atom. The molecular weight excluding hydrogens is 798 g/mol. The number of imide groups is 1. The summed E-state index contributed by atoms with van der Waals surface area (Å²) in [4.78, 5) is 56.8. The van der Waals surface area contributed by atoms with Gasteiger partial charge in [0.2, 0.25) is 17.7 Å². The Hall–Kier alpha value is -4.92. The standard InChI is InChI=1S/C43H51F3N8O5S/c1-24-19-26(20-25(2)52(24)23-36(56)48-34-8-6-7-31-37(50-51(5)38(31)34)32-15-16-35(55)49-39(32)57)17-18-59-30-13-11-28(12-14-30)54-41(60)53(40(58)42(54,3)4)29-10-9-27(22-47)33(21-29)43(44,45)46/h6-10,21,24-26,28,30,32H,11-20,23H2,1-5H3,(H,48,56)(H,49,55,57)/t24-,25+,26?,28-,30-,32?. The zero-order valence-corrected chi connectivity index (χ0v) is 35.3. The predicted octanol–water partition coefficient (Wildman–Crippen LogP) is 6.54. The number of rotatable bonds is 10. The molecule has 3 aromatic rings. The number of piperidine rings is 2. The van der Waals surface area contributed by atoms with Gasteiger partial charge in [0.25, 0.3) is 5.91 Å². The molecule has 0 bridgehead atoms. The maximum atomic E-state index is 13.8. The Kier molecular flexibility index (Phi) is 12.1. The fraction of sp³-hybridized carbons (Fsp3) is 0.558. The fourth-order valence-electron chi connectivity index (χ4n) is 9.87. The van der Waals surface area contributed by atoms with Gasteiger partial charge < -0.3 is 15.0 Å². The van der Waals surface area contributed by atoms with Gasteiger partial charge in [0.15, 0.2) is 5.11 Å². The number of benzene rings is 2. The number of anilines is 2. The van der Waals surface area contributed by atoms with Crippen molar-refractivity contribution in [1.29, 1.82) is 5.26 Å². The van der Waals surface area contributed by atoms with Gasteiger partial charge in [-0.25, -0.2) is 0 Å². The number of carbonyl (C=O) groups is 4. The van der Waals surface area contributed by atoms with E-state index in [1.54, 1.807) is 31.6 Å². The van der Waals surface area contributed by atoms with Crippen LogP contribution in [0.4, 0.5) is 24.5 Å². The summed E-state index contributed by atoms with van der Waals surface area (Å²) in [5, 5.41) is 20.3. The van der Waals surface area contributed by atoms with Crippen molar-refractivity contribution in [2.45, 2.75) is 127 Å². The van der Waals surface area contributed by atoms with E-state index in [9.17, 15) is 37.6 Å². The van der Waals surface area contributed by atoms with Crippen LogP contribution in [0.2, 0.25) is 0 Å². The molecular formula is C43H51F3N8O5S. The molecule has 7 rings (SSSR count). The van der Waals surface area contributed by atoms with Crippen LogP contribution >= 0.6 is 12.2 Å². The van der Waals surface area contributed by atoms with Gasteiger partial charge in [0.05, 0.1) is 58.3 Å². The first kappa shape index (κ1) is 43.2. The number of aromatic nitrogens is 2. The summed E-state index contributed by atoms with van der Waals surface area (Å²) < 4.78 is 49.4. The van der Waals surface area contributed by atoms with Gasteiger partial charge in [-0.05, 0) is 121 Å². The number of hydrogen-bond donors (Lipinski definition) is 2. The summed E-state index contributed by atoms with van der Waals surface area (Å²) in [6, 6.07) is 10.6. The molecule has 2 aromatic carbocycles. The molecule has 60 heavy (non-hydrogen) atoms. The van der Waals surface area contributed by atoms with Crippen LogP contribution in [0.1, 0.15) is 108 Å². The maximum Gasteiger partial charge on any atom is 0.417 e. The minimum absolute atomic E-state index is 0.0104. The SMILES string of the molecule is C[C@@H]1CC(CCO[C@H]2CC[C@H](N3C(=S)N(c4ccc(C#N)c(C(F)(F)F)c4)C(=O)C3(C)C)CC2)C[C@H](C)N1CC(=O)Nc1cccc2c(C3CCC(=O)NC3=O)nn(C)c12. The lowest BCUT2D eigenvalue weighted by Gasteiger charge is -2.42. The van der Waals surface area contributed by atoms with Crippen LogP contribution < -0.4 is 15.5 Å². The van der Waals surface area contributed by atoms with Crippen molar-refractivity contribution in [3.63, 3.8) is 0 Å². The number of thiocarbonyl (C=S) groups is 1. The van der Waals surface area contributed by atoms with Crippen LogP contribution in [0, 0.1) is 17.2 Å². The molecule has 1 saturated carbocycles. The maximum absolute atomic E-state index is 13.8. The second-order valence-electron chi connectivity index (χ2n) is 17.3. The van der Waals surface area contributed by atoms with E-state index < -0.39 is 34.7 Å². The summed E-state index contributed by atoms with van der Waals surface area (Å²) in [5.74, 6) is -1.30. The highest BCUT2D eigenvalue weighted by Crippen LogP contribution is 2.41. The highest BCUT2D eigenvalue weighted by molar-refractivity contribution is 7.80. The first-order valence-electron chi connectivity index (χ1n) is 20.6. The molecule has 4 atom stereocenters. The number of likely N-dealkylation sites (tertiary alicyclic amines) is 1. The van der Waals surface area contributed by atoms with Crippen molar-refractivity contribution < 1.29 is 37.1 Å². The number of alkyl halides is 3.